The third kappa shape index (κ3) is 3.56. The molecular formula is C10H14O. The van der Waals surface area contributed by atoms with Gasteiger partial charge in [-0.05, 0) is 24.5 Å². The topological polar surface area (TPSA) is 17.1 Å². The molecule has 1 heteroatoms. The molecule has 0 unspecified atom stereocenters. The highest BCUT2D eigenvalue weighted by molar-refractivity contribution is 5.75. The molecular weight excluding hydrogens is 136 g/mol. The molecule has 0 radical (unpaired) electrons. The Hall–Kier alpha value is -1.11. The minimum absolute atomic E-state index is 0.727. The monoisotopic (exact) mass is 150 g/mol. The van der Waals surface area contributed by atoms with Crippen LogP contribution < -0.4 is 0 Å². The second kappa shape index (κ2) is 5.66. The van der Waals surface area contributed by atoms with Crippen molar-refractivity contribution in [3.63, 3.8) is 0 Å². The van der Waals surface area contributed by atoms with E-state index in [-0.39, 0.29) is 0 Å². The van der Waals surface area contributed by atoms with Crippen LogP contribution in [-0.4, -0.2) is 6.29 Å². The molecule has 0 aliphatic carbocycles. The molecule has 0 aromatic rings. The van der Waals surface area contributed by atoms with Gasteiger partial charge in [-0.2, -0.15) is 0 Å². The van der Waals surface area contributed by atoms with E-state index in [1.165, 1.54) is 0 Å². The summed E-state index contributed by atoms with van der Waals surface area (Å²) in [5, 5.41) is 0. The van der Waals surface area contributed by atoms with Gasteiger partial charge in [-0.25, -0.2) is 0 Å². The Morgan fingerprint density at radius 3 is 2.55 bits per heavy atom. The van der Waals surface area contributed by atoms with Crippen molar-refractivity contribution in [1.82, 2.24) is 0 Å². The number of aldehydes is 1. The van der Waals surface area contributed by atoms with Crippen LogP contribution in [0.15, 0.2) is 36.0 Å². The number of hydrogen-bond donors (Lipinski definition) is 0. The number of allylic oxidation sites excluding steroid dienone is 5. The molecule has 0 saturated carbocycles. The van der Waals surface area contributed by atoms with E-state index in [9.17, 15) is 4.79 Å². The summed E-state index contributed by atoms with van der Waals surface area (Å²) in [6.07, 6.45) is 7.43. The van der Waals surface area contributed by atoms with E-state index in [0.29, 0.717) is 0 Å². The van der Waals surface area contributed by atoms with Crippen LogP contribution in [0, 0.1) is 0 Å². The minimum atomic E-state index is 0.727. The first-order valence-electron chi connectivity index (χ1n) is 3.71. The molecule has 0 aromatic heterocycles. The van der Waals surface area contributed by atoms with Gasteiger partial charge in [-0.1, -0.05) is 31.7 Å². The van der Waals surface area contributed by atoms with Crippen molar-refractivity contribution in [2.75, 3.05) is 0 Å². The normalized spacial score (nSPS) is 12.9. The molecule has 0 rings (SSSR count). The van der Waals surface area contributed by atoms with Crippen LogP contribution in [0.1, 0.15) is 20.3 Å². The van der Waals surface area contributed by atoms with E-state index in [1.54, 1.807) is 13.0 Å². The standard InChI is InChI=1S/C10H14O/c1-4-6-7-10(5-2)9(3)8-11/h5-8H,2,4H2,1,3H3. The third-order valence-corrected chi connectivity index (χ3v) is 1.39. The van der Waals surface area contributed by atoms with Gasteiger partial charge in [0.05, 0.1) is 0 Å². The van der Waals surface area contributed by atoms with Crippen LogP contribution in [-0.2, 0) is 4.79 Å². The van der Waals surface area contributed by atoms with Gasteiger partial charge >= 0.3 is 0 Å². The zero-order chi connectivity index (χ0) is 8.69. The number of hydrogen-bond acceptors (Lipinski definition) is 1. The van der Waals surface area contributed by atoms with Crippen molar-refractivity contribution >= 4 is 6.29 Å². The quantitative estimate of drug-likeness (QED) is 0.342. The first kappa shape index (κ1) is 9.89. The highest BCUT2D eigenvalue weighted by Gasteiger charge is 1.90. The second-order valence-corrected chi connectivity index (χ2v) is 2.27. The lowest BCUT2D eigenvalue weighted by Crippen LogP contribution is -1.82. The van der Waals surface area contributed by atoms with Gasteiger partial charge < -0.3 is 0 Å². The number of rotatable bonds is 4. The Balaban J connectivity index is 4.51. The minimum Gasteiger partial charge on any atom is -0.298 e. The van der Waals surface area contributed by atoms with Gasteiger partial charge in [0, 0.05) is 0 Å². The Bertz CT molecular complexity index is 197. The van der Waals surface area contributed by atoms with Gasteiger partial charge in [0.25, 0.3) is 0 Å². The van der Waals surface area contributed by atoms with Gasteiger partial charge in [-0.15, -0.1) is 0 Å². The summed E-state index contributed by atoms with van der Waals surface area (Å²) in [5.74, 6) is 0. The molecule has 0 fully saturated rings. The molecule has 0 aromatic carbocycles. The van der Waals surface area contributed by atoms with Crippen LogP contribution in [0.5, 0.6) is 0 Å². The maximum absolute atomic E-state index is 10.3. The molecule has 60 valence electrons. The van der Waals surface area contributed by atoms with Crippen LogP contribution in [0.2, 0.25) is 0 Å². The van der Waals surface area contributed by atoms with Crippen molar-refractivity contribution < 1.29 is 4.79 Å². The molecule has 0 atom stereocenters. The van der Waals surface area contributed by atoms with Gasteiger partial charge in [0.2, 0.25) is 0 Å². The van der Waals surface area contributed by atoms with E-state index >= 15 is 0 Å². The van der Waals surface area contributed by atoms with E-state index in [2.05, 4.69) is 6.58 Å². The summed E-state index contributed by atoms with van der Waals surface area (Å²) in [6.45, 7) is 7.45. The first-order valence-corrected chi connectivity index (χ1v) is 3.71. The fourth-order valence-corrected chi connectivity index (χ4v) is 0.673. The summed E-state index contributed by atoms with van der Waals surface area (Å²) in [5.41, 5.74) is 1.63. The van der Waals surface area contributed by atoms with E-state index in [4.69, 9.17) is 0 Å². The summed E-state index contributed by atoms with van der Waals surface area (Å²) in [7, 11) is 0. The zero-order valence-electron chi connectivity index (χ0n) is 7.13. The lowest BCUT2D eigenvalue weighted by Gasteiger charge is -1.94. The molecule has 0 aliphatic heterocycles. The molecule has 0 heterocycles. The lowest BCUT2D eigenvalue weighted by molar-refractivity contribution is -0.104. The Labute approximate surface area is 68.1 Å². The van der Waals surface area contributed by atoms with Crippen molar-refractivity contribution in [1.29, 1.82) is 0 Å². The molecule has 0 N–H and O–H groups in total. The van der Waals surface area contributed by atoms with E-state index in [1.807, 2.05) is 19.1 Å². The summed E-state index contributed by atoms with van der Waals surface area (Å²) in [6, 6.07) is 0. The Kier molecular flexibility index (Phi) is 5.09. The summed E-state index contributed by atoms with van der Waals surface area (Å²) >= 11 is 0. The summed E-state index contributed by atoms with van der Waals surface area (Å²) < 4.78 is 0. The Morgan fingerprint density at radius 1 is 1.55 bits per heavy atom. The smallest absolute Gasteiger partial charge is 0.146 e. The van der Waals surface area contributed by atoms with E-state index < -0.39 is 0 Å². The van der Waals surface area contributed by atoms with E-state index in [0.717, 1.165) is 23.9 Å². The average molecular weight is 150 g/mol. The molecule has 11 heavy (non-hydrogen) atoms. The Morgan fingerprint density at radius 2 is 2.18 bits per heavy atom. The average Bonchev–Trinajstić information content (AvgIpc) is 2.05. The van der Waals surface area contributed by atoms with Crippen molar-refractivity contribution in [2.24, 2.45) is 0 Å². The SMILES string of the molecule is C=CC(C=CCC)=C(C)C=O. The number of carbonyl (C=O) groups excluding carboxylic acids is 1. The maximum Gasteiger partial charge on any atom is 0.146 e. The molecule has 0 bridgehead atoms. The highest BCUT2D eigenvalue weighted by atomic mass is 16.1. The van der Waals surface area contributed by atoms with Crippen LogP contribution in [0.4, 0.5) is 0 Å². The fourth-order valence-electron chi connectivity index (χ4n) is 0.673. The molecule has 0 saturated heterocycles. The van der Waals surface area contributed by atoms with Crippen molar-refractivity contribution in [2.45, 2.75) is 20.3 Å². The molecule has 0 spiro atoms. The van der Waals surface area contributed by atoms with Crippen molar-refractivity contribution in [3.8, 4) is 0 Å². The largest absolute Gasteiger partial charge is 0.298 e. The zero-order valence-corrected chi connectivity index (χ0v) is 7.13. The highest BCUT2D eigenvalue weighted by Crippen LogP contribution is 2.04. The first-order chi connectivity index (χ1) is 5.26. The molecule has 0 amide bonds. The van der Waals surface area contributed by atoms with Gasteiger partial charge in [-0.3, -0.25) is 4.79 Å². The third-order valence-electron chi connectivity index (χ3n) is 1.39. The van der Waals surface area contributed by atoms with Crippen LogP contribution in [0.3, 0.4) is 0 Å². The predicted octanol–water partition coefficient (Wildman–Crippen LogP) is 2.65. The predicted molar refractivity (Wildman–Crippen MR) is 48.4 cm³/mol. The van der Waals surface area contributed by atoms with Crippen molar-refractivity contribution in [3.05, 3.63) is 36.0 Å². The van der Waals surface area contributed by atoms with Gasteiger partial charge in [0.1, 0.15) is 6.29 Å². The number of carbonyl (C=O) groups is 1. The maximum atomic E-state index is 10.3. The van der Waals surface area contributed by atoms with Crippen LogP contribution >= 0.6 is 0 Å². The fraction of sp³-hybridized carbons (Fsp3) is 0.300. The van der Waals surface area contributed by atoms with Gasteiger partial charge in [0.15, 0.2) is 0 Å². The molecule has 1 nitrogen and oxygen atoms in total. The second-order valence-electron chi connectivity index (χ2n) is 2.27. The molecule has 0 aliphatic rings. The summed E-state index contributed by atoms with van der Waals surface area (Å²) in [4.78, 5) is 10.3. The lowest BCUT2D eigenvalue weighted by atomic mass is 10.1. The van der Waals surface area contributed by atoms with Crippen LogP contribution in [0.25, 0.3) is 0 Å².